The summed E-state index contributed by atoms with van der Waals surface area (Å²) in [4.78, 5) is 0. The summed E-state index contributed by atoms with van der Waals surface area (Å²) >= 11 is 0. The van der Waals surface area contributed by atoms with Crippen LogP contribution in [0.15, 0.2) is 24.8 Å². The van der Waals surface area contributed by atoms with Crippen molar-refractivity contribution in [2.75, 3.05) is 0 Å². The van der Waals surface area contributed by atoms with Crippen LogP contribution in [-0.4, -0.2) is 0 Å². The Labute approximate surface area is 93.0 Å². The van der Waals surface area contributed by atoms with Gasteiger partial charge in [-0.3, -0.25) is 0 Å². The molecular formula is C14H21N. The van der Waals surface area contributed by atoms with E-state index in [-0.39, 0.29) is 5.41 Å². The molecule has 0 heterocycles. The molecule has 2 N–H and O–H groups in total. The van der Waals surface area contributed by atoms with E-state index >= 15 is 0 Å². The molecule has 0 atom stereocenters. The lowest BCUT2D eigenvalue weighted by Crippen LogP contribution is -2.20. The van der Waals surface area contributed by atoms with E-state index in [0.29, 0.717) is 6.54 Å². The van der Waals surface area contributed by atoms with Gasteiger partial charge in [-0.1, -0.05) is 51.6 Å². The average Bonchev–Trinajstić information content (AvgIpc) is 2.27. The van der Waals surface area contributed by atoms with Crippen LogP contribution in [0, 0.1) is 0 Å². The fourth-order valence-electron chi connectivity index (χ4n) is 1.85. The van der Waals surface area contributed by atoms with E-state index in [1.165, 1.54) is 11.1 Å². The second-order valence-electron chi connectivity index (χ2n) is 4.52. The van der Waals surface area contributed by atoms with Gasteiger partial charge in [-0.25, -0.2) is 0 Å². The van der Waals surface area contributed by atoms with Crippen LogP contribution in [0.25, 0.3) is 6.08 Å². The van der Waals surface area contributed by atoms with Gasteiger partial charge in [-0.05, 0) is 28.5 Å². The molecule has 1 aromatic rings. The molecule has 82 valence electrons. The first kappa shape index (κ1) is 12.0. The van der Waals surface area contributed by atoms with Gasteiger partial charge in [0.2, 0.25) is 0 Å². The van der Waals surface area contributed by atoms with Crippen LogP contribution in [0.2, 0.25) is 0 Å². The van der Waals surface area contributed by atoms with Crippen molar-refractivity contribution in [3.8, 4) is 0 Å². The number of hydrogen-bond acceptors (Lipinski definition) is 1. The minimum Gasteiger partial charge on any atom is -0.326 e. The molecule has 15 heavy (non-hydrogen) atoms. The Morgan fingerprint density at radius 2 is 2.07 bits per heavy atom. The zero-order chi connectivity index (χ0) is 11.5. The van der Waals surface area contributed by atoms with E-state index in [2.05, 4.69) is 45.5 Å². The third kappa shape index (κ3) is 2.29. The summed E-state index contributed by atoms with van der Waals surface area (Å²) in [5.74, 6) is 0. The van der Waals surface area contributed by atoms with E-state index in [1.807, 2.05) is 6.08 Å². The number of hydrogen-bond donors (Lipinski definition) is 1. The largest absolute Gasteiger partial charge is 0.326 e. The van der Waals surface area contributed by atoms with Crippen LogP contribution < -0.4 is 5.73 Å². The molecule has 0 aliphatic carbocycles. The quantitative estimate of drug-likeness (QED) is 0.796. The number of benzene rings is 1. The van der Waals surface area contributed by atoms with Gasteiger partial charge < -0.3 is 5.73 Å². The monoisotopic (exact) mass is 203 g/mol. The van der Waals surface area contributed by atoms with E-state index in [0.717, 1.165) is 12.0 Å². The summed E-state index contributed by atoms with van der Waals surface area (Å²) in [5, 5.41) is 0. The van der Waals surface area contributed by atoms with E-state index < -0.39 is 0 Å². The van der Waals surface area contributed by atoms with Gasteiger partial charge in [-0.15, -0.1) is 0 Å². The highest BCUT2D eigenvalue weighted by atomic mass is 14.5. The zero-order valence-corrected chi connectivity index (χ0v) is 10.0. The second-order valence-corrected chi connectivity index (χ2v) is 4.52. The Kier molecular flexibility index (Phi) is 3.70. The number of rotatable bonds is 4. The molecular weight excluding hydrogens is 182 g/mol. The Morgan fingerprint density at radius 1 is 1.40 bits per heavy atom. The smallest absolute Gasteiger partial charge is 0.0187 e. The third-order valence-electron chi connectivity index (χ3n) is 3.25. The third-order valence-corrected chi connectivity index (χ3v) is 3.25. The van der Waals surface area contributed by atoms with Crippen LogP contribution in [0.1, 0.15) is 43.9 Å². The Hall–Kier alpha value is -1.08. The summed E-state index contributed by atoms with van der Waals surface area (Å²) in [5.41, 5.74) is 9.77. The predicted molar refractivity (Wildman–Crippen MR) is 67.7 cm³/mol. The van der Waals surface area contributed by atoms with Crippen LogP contribution in [0.4, 0.5) is 0 Å². The molecule has 0 saturated heterocycles. The van der Waals surface area contributed by atoms with Gasteiger partial charge in [0.25, 0.3) is 0 Å². The van der Waals surface area contributed by atoms with Crippen molar-refractivity contribution in [1.29, 1.82) is 0 Å². The highest BCUT2D eigenvalue weighted by Crippen LogP contribution is 2.31. The average molecular weight is 203 g/mol. The second kappa shape index (κ2) is 4.63. The Morgan fingerprint density at radius 3 is 2.53 bits per heavy atom. The van der Waals surface area contributed by atoms with Crippen LogP contribution in [0.5, 0.6) is 0 Å². The van der Waals surface area contributed by atoms with Gasteiger partial charge in [-0.2, -0.15) is 0 Å². The summed E-state index contributed by atoms with van der Waals surface area (Å²) in [7, 11) is 0. The minimum atomic E-state index is 0.188. The summed E-state index contributed by atoms with van der Waals surface area (Å²) < 4.78 is 0. The van der Waals surface area contributed by atoms with Crippen LogP contribution in [0.3, 0.4) is 0 Å². The summed E-state index contributed by atoms with van der Waals surface area (Å²) in [6, 6.07) is 6.34. The van der Waals surface area contributed by atoms with Crippen molar-refractivity contribution in [2.24, 2.45) is 5.73 Å². The minimum absolute atomic E-state index is 0.188. The molecule has 0 amide bonds. The SMILES string of the molecule is C=Cc1cccc(C(C)(C)CC)c1CN. The molecule has 0 unspecified atom stereocenters. The molecule has 0 aliphatic rings. The topological polar surface area (TPSA) is 26.0 Å². The zero-order valence-electron chi connectivity index (χ0n) is 10.0. The van der Waals surface area contributed by atoms with Crippen molar-refractivity contribution < 1.29 is 0 Å². The standard InChI is InChI=1S/C14H21N/c1-5-11-8-7-9-13(12(11)10-15)14(3,4)6-2/h5,7-9H,1,6,10,15H2,2-4H3. The van der Waals surface area contributed by atoms with Crippen LogP contribution in [-0.2, 0) is 12.0 Å². The van der Waals surface area contributed by atoms with Gasteiger partial charge >= 0.3 is 0 Å². The first-order chi connectivity index (χ1) is 7.06. The lowest BCUT2D eigenvalue weighted by Gasteiger charge is -2.27. The van der Waals surface area contributed by atoms with Gasteiger partial charge in [0, 0.05) is 6.54 Å². The highest BCUT2D eigenvalue weighted by molar-refractivity contribution is 5.55. The van der Waals surface area contributed by atoms with Crippen molar-refractivity contribution in [1.82, 2.24) is 0 Å². The van der Waals surface area contributed by atoms with E-state index in [9.17, 15) is 0 Å². The maximum atomic E-state index is 5.83. The molecule has 1 rings (SSSR count). The molecule has 1 heteroatoms. The van der Waals surface area contributed by atoms with Crippen molar-refractivity contribution in [2.45, 2.75) is 39.2 Å². The Bertz CT molecular complexity index is 350. The van der Waals surface area contributed by atoms with Gasteiger partial charge in [0.1, 0.15) is 0 Å². The molecule has 0 radical (unpaired) electrons. The van der Waals surface area contributed by atoms with Gasteiger partial charge in [0.15, 0.2) is 0 Å². The molecule has 0 fully saturated rings. The summed E-state index contributed by atoms with van der Waals surface area (Å²) in [6.45, 7) is 11.1. The van der Waals surface area contributed by atoms with E-state index in [1.54, 1.807) is 0 Å². The Balaban J connectivity index is 3.35. The molecule has 0 aromatic heterocycles. The maximum Gasteiger partial charge on any atom is 0.0187 e. The molecule has 0 spiro atoms. The van der Waals surface area contributed by atoms with Crippen LogP contribution >= 0.6 is 0 Å². The normalized spacial score (nSPS) is 11.5. The maximum absolute atomic E-state index is 5.83. The fraction of sp³-hybridized carbons (Fsp3) is 0.429. The van der Waals surface area contributed by atoms with Crippen molar-refractivity contribution in [3.05, 3.63) is 41.5 Å². The number of nitrogens with two attached hydrogens (primary N) is 1. The first-order valence-electron chi connectivity index (χ1n) is 5.51. The lowest BCUT2D eigenvalue weighted by atomic mass is 9.78. The molecule has 1 nitrogen and oxygen atoms in total. The first-order valence-corrected chi connectivity index (χ1v) is 5.51. The molecule has 0 saturated carbocycles. The predicted octanol–water partition coefficient (Wildman–Crippen LogP) is 3.48. The highest BCUT2D eigenvalue weighted by Gasteiger charge is 2.21. The van der Waals surface area contributed by atoms with Crippen molar-refractivity contribution in [3.63, 3.8) is 0 Å². The lowest BCUT2D eigenvalue weighted by molar-refractivity contribution is 0.501. The van der Waals surface area contributed by atoms with Crippen molar-refractivity contribution >= 4 is 6.08 Å². The fourth-order valence-corrected chi connectivity index (χ4v) is 1.85. The summed E-state index contributed by atoms with van der Waals surface area (Å²) in [6.07, 6.45) is 3.00. The van der Waals surface area contributed by atoms with E-state index in [4.69, 9.17) is 5.73 Å². The molecule has 1 aromatic carbocycles. The van der Waals surface area contributed by atoms with Gasteiger partial charge in [0.05, 0.1) is 0 Å². The molecule has 0 bridgehead atoms. The molecule has 0 aliphatic heterocycles.